The predicted octanol–water partition coefficient (Wildman–Crippen LogP) is 2.38. The molecule has 0 saturated carbocycles. The average molecular weight is 238 g/mol. The minimum Gasteiger partial charge on any atom is -0.380 e. The van der Waals surface area contributed by atoms with E-state index in [0.717, 1.165) is 32.6 Å². The summed E-state index contributed by atoms with van der Waals surface area (Å²) < 4.78 is 5.45. The van der Waals surface area contributed by atoms with Gasteiger partial charge in [-0.1, -0.05) is 26.8 Å². The van der Waals surface area contributed by atoms with Gasteiger partial charge in [0.05, 0.1) is 6.10 Å². The van der Waals surface area contributed by atoms with Crippen LogP contribution in [0.25, 0.3) is 0 Å². The van der Waals surface area contributed by atoms with E-state index in [9.17, 15) is 0 Å². The van der Waals surface area contributed by atoms with Crippen LogP contribution in [0.1, 0.15) is 27.2 Å². The molecule has 0 aromatic rings. The van der Waals surface area contributed by atoms with E-state index in [-0.39, 0.29) is 0 Å². The Kier molecular flexibility index (Phi) is 6.45. The number of hydrogen-bond acceptors (Lipinski definition) is 3. The Morgan fingerprint density at radius 3 is 2.71 bits per heavy atom. The molecule has 2 aliphatic heterocycles. The molecule has 0 bridgehead atoms. The van der Waals surface area contributed by atoms with Crippen molar-refractivity contribution in [3.8, 4) is 0 Å². The summed E-state index contributed by atoms with van der Waals surface area (Å²) in [4.78, 5) is 6.77. The molecule has 2 heterocycles. The van der Waals surface area contributed by atoms with Crippen molar-refractivity contribution < 1.29 is 4.74 Å². The molecule has 1 fully saturated rings. The maximum absolute atomic E-state index is 5.45. The van der Waals surface area contributed by atoms with Crippen molar-refractivity contribution in [1.29, 1.82) is 0 Å². The predicted molar refractivity (Wildman–Crippen MR) is 73.8 cm³/mol. The van der Waals surface area contributed by atoms with Gasteiger partial charge in [-0.15, -0.1) is 0 Å². The van der Waals surface area contributed by atoms with Crippen molar-refractivity contribution in [1.82, 2.24) is 4.90 Å². The molecule has 0 spiro atoms. The quantitative estimate of drug-likeness (QED) is 0.754. The fraction of sp³-hybridized carbons (Fsp3) is 0.786. The van der Waals surface area contributed by atoms with Crippen molar-refractivity contribution in [3.05, 3.63) is 11.6 Å². The maximum atomic E-state index is 5.45. The number of aliphatic imine (C=N–C) groups is 1. The summed E-state index contributed by atoms with van der Waals surface area (Å²) in [6.45, 7) is 10.5. The van der Waals surface area contributed by atoms with Crippen LogP contribution < -0.4 is 0 Å². The van der Waals surface area contributed by atoms with E-state index in [1.54, 1.807) is 0 Å². The minimum absolute atomic E-state index is 0.408. The monoisotopic (exact) mass is 238 g/mol. The summed E-state index contributed by atoms with van der Waals surface area (Å²) >= 11 is 0. The topological polar surface area (TPSA) is 24.8 Å². The molecule has 0 aromatic carbocycles. The van der Waals surface area contributed by atoms with Crippen LogP contribution in [0.5, 0.6) is 0 Å². The molecular formula is C14H26N2O. The van der Waals surface area contributed by atoms with Gasteiger partial charge in [-0.25, -0.2) is 0 Å². The molecule has 0 amide bonds. The van der Waals surface area contributed by atoms with E-state index < -0.39 is 0 Å². The molecule has 0 radical (unpaired) electrons. The zero-order valence-corrected chi connectivity index (χ0v) is 11.6. The Labute approximate surface area is 106 Å². The molecule has 2 rings (SSSR count). The third kappa shape index (κ3) is 4.25. The first kappa shape index (κ1) is 14.4. The molecule has 0 aromatic heterocycles. The lowest BCUT2D eigenvalue weighted by Crippen LogP contribution is -2.26. The zero-order valence-electron chi connectivity index (χ0n) is 11.6. The van der Waals surface area contributed by atoms with Gasteiger partial charge in [-0.05, 0) is 17.9 Å². The SMILES string of the molecule is CC.COC1CN(CC2=CCCN=C2)CC1C. The molecular weight excluding hydrogens is 212 g/mol. The molecule has 0 N–H and O–H groups in total. The first-order valence-electron chi connectivity index (χ1n) is 6.73. The van der Waals surface area contributed by atoms with Crippen molar-refractivity contribution in [2.75, 3.05) is 33.3 Å². The van der Waals surface area contributed by atoms with Gasteiger partial charge < -0.3 is 4.74 Å². The third-order valence-corrected chi connectivity index (χ3v) is 3.25. The van der Waals surface area contributed by atoms with Gasteiger partial charge in [-0.2, -0.15) is 0 Å². The van der Waals surface area contributed by atoms with E-state index >= 15 is 0 Å². The highest BCUT2D eigenvalue weighted by molar-refractivity contribution is 5.79. The number of ether oxygens (including phenoxy) is 1. The molecule has 3 heteroatoms. The second kappa shape index (κ2) is 7.62. The number of likely N-dealkylation sites (tertiary alicyclic amines) is 1. The van der Waals surface area contributed by atoms with Gasteiger partial charge in [0.2, 0.25) is 0 Å². The van der Waals surface area contributed by atoms with Gasteiger partial charge in [0, 0.05) is 39.5 Å². The van der Waals surface area contributed by atoms with E-state index in [0.29, 0.717) is 12.0 Å². The Hall–Kier alpha value is -0.670. The standard InChI is InChI=1S/C12H20N2O.C2H6/c1-10-7-14(9-12(10)15-2)8-11-4-3-5-13-6-11;1-2/h4,6,10,12H,3,5,7-9H2,1-2H3;1-2H3. The summed E-state index contributed by atoms with van der Waals surface area (Å²) in [5.74, 6) is 0.649. The van der Waals surface area contributed by atoms with Gasteiger partial charge in [0.15, 0.2) is 0 Å². The molecule has 2 atom stereocenters. The van der Waals surface area contributed by atoms with E-state index in [1.807, 2.05) is 27.2 Å². The lowest BCUT2D eigenvalue weighted by Gasteiger charge is -2.17. The summed E-state index contributed by atoms with van der Waals surface area (Å²) in [7, 11) is 1.81. The fourth-order valence-corrected chi connectivity index (χ4v) is 2.39. The number of hydrogen-bond donors (Lipinski definition) is 0. The van der Waals surface area contributed by atoms with Crippen LogP contribution in [-0.2, 0) is 4.74 Å². The van der Waals surface area contributed by atoms with Crippen LogP contribution in [0.3, 0.4) is 0 Å². The van der Waals surface area contributed by atoms with Crippen LogP contribution in [-0.4, -0.2) is 50.5 Å². The van der Waals surface area contributed by atoms with Gasteiger partial charge >= 0.3 is 0 Å². The number of methoxy groups -OCH3 is 1. The first-order chi connectivity index (χ1) is 8.29. The Morgan fingerprint density at radius 1 is 1.41 bits per heavy atom. The van der Waals surface area contributed by atoms with E-state index in [2.05, 4.69) is 22.9 Å². The lowest BCUT2D eigenvalue weighted by molar-refractivity contribution is 0.0843. The fourth-order valence-electron chi connectivity index (χ4n) is 2.39. The highest BCUT2D eigenvalue weighted by Crippen LogP contribution is 2.19. The Bertz CT molecular complexity index is 273. The smallest absolute Gasteiger partial charge is 0.0735 e. The minimum atomic E-state index is 0.408. The van der Waals surface area contributed by atoms with Gasteiger partial charge in [0.25, 0.3) is 0 Å². The average Bonchev–Trinajstić information content (AvgIpc) is 2.73. The lowest BCUT2D eigenvalue weighted by atomic mass is 10.1. The highest BCUT2D eigenvalue weighted by Gasteiger charge is 2.29. The normalized spacial score (nSPS) is 28.6. The maximum Gasteiger partial charge on any atom is 0.0735 e. The second-order valence-electron chi connectivity index (χ2n) is 4.55. The molecule has 0 aliphatic carbocycles. The molecule has 2 unspecified atom stereocenters. The summed E-state index contributed by atoms with van der Waals surface area (Å²) in [5, 5.41) is 0. The Balaban J connectivity index is 0.000000686. The van der Waals surface area contributed by atoms with Crippen molar-refractivity contribution >= 4 is 6.21 Å². The van der Waals surface area contributed by atoms with Crippen molar-refractivity contribution in [2.45, 2.75) is 33.3 Å². The van der Waals surface area contributed by atoms with Crippen molar-refractivity contribution in [2.24, 2.45) is 10.9 Å². The van der Waals surface area contributed by atoms with Crippen LogP contribution in [0.4, 0.5) is 0 Å². The zero-order chi connectivity index (χ0) is 12.7. The summed E-state index contributed by atoms with van der Waals surface area (Å²) in [6.07, 6.45) is 5.83. The molecule has 98 valence electrons. The van der Waals surface area contributed by atoms with E-state index in [4.69, 9.17) is 4.74 Å². The highest BCUT2D eigenvalue weighted by atomic mass is 16.5. The molecule has 2 aliphatic rings. The van der Waals surface area contributed by atoms with Crippen molar-refractivity contribution in [3.63, 3.8) is 0 Å². The molecule has 1 saturated heterocycles. The van der Waals surface area contributed by atoms with Crippen LogP contribution in [0, 0.1) is 5.92 Å². The first-order valence-corrected chi connectivity index (χ1v) is 6.73. The molecule has 3 nitrogen and oxygen atoms in total. The van der Waals surface area contributed by atoms with Crippen LogP contribution >= 0.6 is 0 Å². The number of rotatable bonds is 3. The summed E-state index contributed by atoms with van der Waals surface area (Å²) in [6, 6.07) is 0. The van der Waals surface area contributed by atoms with Crippen LogP contribution in [0.15, 0.2) is 16.6 Å². The number of dihydropyridines is 1. The number of nitrogens with zero attached hydrogens (tertiary/aromatic N) is 2. The van der Waals surface area contributed by atoms with Crippen LogP contribution in [0.2, 0.25) is 0 Å². The van der Waals surface area contributed by atoms with Gasteiger partial charge in [-0.3, -0.25) is 9.89 Å². The largest absolute Gasteiger partial charge is 0.380 e. The Morgan fingerprint density at radius 2 is 2.18 bits per heavy atom. The van der Waals surface area contributed by atoms with Gasteiger partial charge in [0.1, 0.15) is 0 Å². The van der Waals surface area contributed by atoms with E-state index in [1.165, 1.54) is 5.57 Å². The third-order valence-electron chi connectivity index (χ3n) is 3.25. The second-order valence-corrected chi connectivity index (χ2v) is 4.55. The summed E-state index contributed by atoms with van der Waals surface area (Å²) in [5.41, 5.74) is 1.37. The molecule has 17 heavy (non-hydrogen) atoms.